The zero-order valence-electron chi connectivity index (χ0n) is 17.7. The minimum atomic E-state index is -1.07. The van der Waals surface area contributed by atoms with Gasteiger partial charge in [0.1, 0.15) is 23.3 Å². The van der Waals surface area contributed by atoms with E-state index < -0.39 is 35.5 Å². The van der Waals surface area contributed by atoms with Crippen molar-refractivity contribution in [2.75, 3.05) is 10.7 Å². The van der Waals surface area contributed by atoms with Crippen LogP contribution in [0, 0.1) is 30.2 Å². The maximum Gasteiger partial charge on any atom is 0.251 e. The van der Waals surface area contributed by atoms with Gasteiger partial charge < -0.3 is 10.2 Å². The van der Waals surface area contributed by atoms with Crippen molar-refractivity contribution in [1.82, 2.24) is 5.32 Å². The van der Waals surface area contributed by atoms with E-state index in [0.29, 0.717) is 29.1 Å². The fraction of sp³-hybridized carbons (Fsp3) is 0.160. The molecule has 3 aromatic carbocycles. The molecular weight excluding hydrogens is 452 g/mol. The summed E-state index contributed by atoms with van der Waals surface area (Å²) in [6, 6.07) is 11.1. The average Bonchev–Trinajstić information content (AvgIpc) is 2.76. The molecule has 0 unspecified atom stereocenters. The van der Waals surface area contributed by atoms with Gasteiger partial charge in [-0.25, -0.2) is 17.6 Å². The summed E-state index contributed by atoms with van der Waals surface area (Å²) < 4.78 is 55.3. The first kappa shape index (κ1) is 22.9. The predicted molar refractivity (Wildman–Crippen MR) is 121 cm³/mol. The van der Waals surface area contributed by atoms with Crippen LogP contribution in [0.25, 0.3) is 0 Å². The largest absolute Gasteiger partial charge is 0.348 e. The van der Waals surface area contributed by atoms with Crippen molar-refractivity contribution in [2.45, 2.75) is 24.9 Å². The molecule has 1 amide bonds. The SMILES string of the molecule is C=C1CSc2ccc(C(=O)NCc3c(F)cc(F)cc3F)cc2N1Cc1c(C)cccc1F. The molecule has 3 aromatic rings. The topological polar surface area (TPSA) is 32.3 Å². The fourth-order valence-corrected chi connectivity index (χ4v) is 4.59. The third kappa shape index (κ3) is 4.75. The first-order valence-electron chi connectivity index (χ1n) is 10.1. The number of carbonyl (C=O) groups excluding carboxylic acids is 1. The number of fused-ring (bicyclic) bond motifs is 1. The number of hydrogen-bond donors (Lipinski definition) is 1. The molecule has 0 saturated heterocycles. The first-order chi connectivity index (χ1) is 15.7. The molecule has 0 aliphatic carbocycles. The van der Waals surface area contributed by atoms with Crippen molar-refractivity contribution < 1.29 is 22.4 Å². The molecule has 1 aliphatic rings. The van der Waals surface area contributed by atoms with E-state index in [2.05, 4.69) is 11.9 Å². The highest BCUT2D eigenvalue weighted by Crippen LogP contribution is 2.40. The average molecular weight is 473 g/mol. The molecule has 0 atom stereocenters. The number of thioether (sulfide) groups is 1. The molecule has 0 aromatic heterocycles. The molecule has 0 saturated carbocycles. The molecule has 170 valence electrons. The van der Waals surface area contributed by atoms with Gasteiger partial charge in [-0.3, -0.25) is 4.79 Å². The maximum atomic E-state index is 14.5. The zero-order chi connectivity index (χ0) is 23.7. The number of halogens is 4. The van der Waals surface area contributed by atoms with E-state index in [0.717, 1.165) is 16.2 Å². The lowest BCUT2D eigenvalue weighted by Gasteiger charge is -2.33. The number of carbonyl (C=O) groups is 1. The lowest BCUT2D eigenvalue weighted by molar-refractivity contribution is 0.0950. The molecule has 0 fully saturated rings. The van der Waals surface area contributed by atoms with Crippen LogP contribution in [0.15, 0.2) is 65.7 Å². The van der Waals surface area contributed by atoms with E-state index >= 15 is 0 Å². The van der Waals surface area contributed by atoms with Gasteiger partial charge in [-0.2, -0.15) is 0 Å². The predicted octanol–water partition coefficient (Wildman–Crippen LogP) is 6.11. The number of aryl methyl sites for hydroxylation is 1. The number of nitrogens with zero attached hydrogens (tertiary/aromatic N) is 1. The van der Waals surface area contributed by atoms with Crippen LogP contribution in [0.5, 0.6) is 0 Å². The Morgan fingerprint density at radius 3 is 2.45 bits per heavy atom. The van der Waals surface area contributed by atoms with E-state index in [1.54, 1.807) is 36.0 Å². The molecule has 8 heteroatoms. The third-order valence-corrected chi connectivity index (χ3v) is 6.62. The second-order valence-electron chi connectivity index (χ2n) is 7.69. The molecule has 0 spiro atoms. The van der Waals surface area contributed by atoms with Crippen molar-refractivity contribution in [3.63, 3.8) is 0 Å². The van der Waals surface area contributed by atoms with Crippen molar-refractivity contribution in [2.24, 2.45) is 0 Å². The van der Waals surface area contributed by atoms with Crippen LogP contribution in [-0.2, 0) is 13.1 Å². The van der Waals surface area contributed by atoms with Crippen molar-refractivity contribution in [3.05, 3.63) is 106 Å². The smallest absolute Gasteiger partial charge is 0.251 e. The summed E-state index contributed by atoms with van der Waals surface area (Å²) in [5.74, 6) is -3.42. The minimum absolute atomic E-state index is 0.252. The lowest BCUT2D eigenvalue weighted by atomic mass is 10.1. The molecule has 33 heavy (non-hydrogen) atoms. The number of nitrogens with one attached hydrogen (secondary N) is 1. The van der Waals surface area contributed by atoms with Crippen LogP contribution in [0.2, 0.25) is 0 Å². The normalized spacial score (nSPS) is 13.1. The molecule has 0 bridgehead atoms. The van der Waals surface area contributed by atoms with Crippen LogP contribution in [0.1, 0.15) is 27.0 Å². The third-order valence-electron chi connectivity index (χ3n) is 5.49. The van der Waals surface area contributed by atoms with E-state index in [9.17, 15) is 22.4 Å². The second-order valence-corrected chi connectivity index (χ2v) is 8.71. The van der Waals surface area contributed by atoms with Crippen LogP contribution < -0.4 is 10.2 Å². The van der Waals surface area contributed by atoms with Crippen LogP contribution >= 0.6 is 11.8 Å². The number of amides is 1. The van der Waals surface area contributed by atoms with Crippen molar-refractivity contribution in [3.8, 4) is 0 Å². The van der Waals surface area contributed by atoms with Gasteiger partial charge in [-0.1, -0.05) is 18.7 Å². The Bertz CT molecular complexity index is 1220. The van der Waals surface area contributed by atoms with Crippen LogP contribution in [0.4, 0.5) is 23.2 Å². The summed E-state index contributed by atoms with van der Waals surface area (Å²) >= 11 is 1.55. The summed E-state index contributed by atoms with van der Waals surface area (Å²) in [7, 11) is 0. The summed E-state index contributed by atoms with van der Waals surface area (Å²) in [5.41, 5.74) is 2.65. The highest BCUT2D eigenvalue weighted by atomic mass is 32.2. The highest BCUT2D eigenvalue weighted by molar-refractivity contribution is 7.99. The summed E-state index contributed by atoms with van der Waals surface area (Å²) in [6.07, 6.45) is 0. The lowest BCUT2D eigenvalue weighted by Crippen LogP contribution is -2.28. The van der Waals surface area contributed by atoms with E-state index in [1.165, 1.54) is 6.07 Å². The van der Waals surface area contributed by atoms with Gasteiger partial charge in [0.15, 0.2) is 0 Å². The van der Waals surface area contributed by atoms with E-state index in [4.69, 9.17) is 0 Å². The van der Waals surface area contributed by atoms with Gasteiger partial charge in [0.05, 0.1) is 12.2 Å². The molecular formula is C25H20F4N2OS. The van der Waals surface area contributed by atoms with Crippen molar-refractivity contribution in [1.29, 1.82) is 0 Å². The molecule has 1 N–H and O–H groups in total. The Morgan fingerprint density at radius 1 is 1.03 bits per heavy atom. The van der Waals surface area contributed by atoms with E-state index in [1.807, 2.05) is 17.9 Å². The molecule has 1 aliphatic heterocycles. The van der Waals surface area contributed by atoms with Gasteiger partial charge in [-0.15, -0.1) is 11.8 Å². The summed E-state index contributed by atoms with van der Waals surface area (Å²) in [6.45, 7) is 5.74. The fourth-order valence-electron chi connectivity index (χ4n) is 3.63. The van der Waals surface area contributed by atoms with Gasteiger partial charge in [0.2, 0.25) is 0 Å². The number of anilines is 1. The summed E-state index contributed by atoms with van der Waals surface area (Å²) in [5, 5.41) is 2.47. The Balaban J connectivity index is 1.59. The highest BCUT2D eigenvalue weighted by Gasteiger charge is 2.24. The number of benzene rings is 3. The number of rotatable bonds is 5. The zero-order valence-corrected chi connectivity index (χ0v) is 18.5. The number of hydrogen-bond acceptors (Lipinski definition) is 3. The minimum Gasteiger partial charge on any atom is -0.348 e. The summed E-state index contributed by atoms with van der Waals surface area (Å²) in [4.78, 5) is 15.5. The van der Waals surface area contributed by atoms with Gasteiger partial charge in [0.25, 0.3) is 5.91 Å². The van der Waals surface area contributed by atoms with Gasteiger partial charge >= 0.3 is 0 Å². The van der Waals surface area contributed by atoms with Gasteiger partial charge in [0, 0.05) is 51.7 Å². The quantitative estimate of drug-likeness (QED) is 0.455. The van der Waals surface area contributed by atoms with Gasteiger partial charge in [-0.05, 0) is 36.8 Å². The standard InChI is InChI=1S/C25H20F4N2OS/c1-14-4-3-5-20(27)19(14)12-31-15(2)13-33-24-7-6-16(8-23(24)31)25(32)30-11-18-21(28)9-17(26)10-22(18)29/h3-10H,2,11-13H2,1H3,(H,30,32). The Labute approximate surface area is 193 Å². The maximum absolute atomic E-state index is 14.5. The van der Waals surface area contributed by atoms with Crippen LogP contribution in [0.3, 0.4) is 0 Å². The Hall–Kier alpha value is -3.26. The monoisotopic (exact) mass is 472 g/mol. The molecule has 3 nitrogen and oxygen atoms in total. The van der Waals surface area contributed by atoms with Crippen LogP contribution in [-0.4, -0.2) is 11.7 Å². The molecule has 0 radical (unpaired) electrons. The van der Waals surface area contributed by atoms with Crippen molar-refractivity contribution >= 4 is 23.4 Å². The van der Waals surface area contributed by atoms with E-state index in [-0.39, 0.29) is 17.9 Å². The molecule has 1 heterocycles. The Kier molecular flexibility index (Phi) is 6.47. The second kappa shape index (κ2) is 9.31. The first-order valence-corrected chi connectivity index (χ1v) is 11.1. The molecule has 4 rings (SSSR count). The Morgan fingerprint density at radius 2 is 1.76 bits per heavy atom.